The lowest BCUT2D eigenvalue weighted by Gasteiger charge is -2.05. The van der Waals surface area contributed by atoms with Crippen molar-refractivity contribution in [3.63, 3.8) is 0 Å². The van der Waals surface area contributed by atoms with Crippen LogP contribution in [0.4, 0.5) is 16.2 Å². The van der Waals surface area contributed by atoms with Crippen molar-refractivity contribution in [2.45, 2.75) is 6.54 Å². The van der Waals surface area contributed by atoms with E-state index in [4.69, 9.17) is 5.73 Å². The summed E-state index contributed by atoms with van der Waals surface area (Å²) in [6.45, 7) is 0.343. The van der Waals surface area contributed by atoms with E-state index < -0.39 is 5.82 Å². The maximum absolute atomic E-state index is 13.2. The Bertz CT molecular complexity index is 475. The quantitative estimate of drug-likeness (QED) is 0.787. The standard InChI is InChI=1S/C9H9FN6/c10-7-4-14-9(11)16-8(7)13-3-6-1-2-12-5-15-6/h1-2,4-5H,3H2,(H3,11,13,14,16). The normalized spacial score (nSPS) is 10.1. The van der Waals surface area contributed by atoms with Crippen molar-refractivity contribution >= 4 is 11.8 Å². The molecule has 6 nitrogen and oxygen atoms in total. The number of anilines is 2. The number of hydrogen-bond donors (Lipinski definition) is 2. The number of nitrogens with zero attached hydrogens (tertiary/aromatic N) is 4. The molecule has 0 fully saturated rings. The fourth-order valence-electron chi connectivity index (χ4n) is 1.10. The van der Waals surface area contributed by atoms with Crippen molar-refractivity contribution < 1.29 is 4.39 Å². The number of nitrogen functional groups attached to an aromatic ring is 1. The topological polar surface area (TPSA) is 89.6 Å². The van der Waals surface area contributed by atoms with Gasteiger partial charge in [-0.15, -0.1) is 0 Å². The molecule has 7 heteroatoms. The number of halogens is 1. The number of nitrogens with two attached hydrogens (primary N) is 1. The van der Waals surface area contributed by atoms with Crippen LogP contribution in [0.1, 0.15) is 5.69 Å². The second kappa shape index (κ2) is 4.47. The predicted octanol–water partition coefficient (Wildman–Crippen LogP) is 0.600. The molecule has 2 heterocycles. The molecule has 0 bridgehead atoms. The van der Waals surface area contributed by atoms with E-state index in [-0.39, 0.29) is 11.8 Å². The molecule has 0 aliphatic carbocycles. The molecule has 0 aliphatic rings. The van der Waals surface area contributed by atoms with Gasteiger partial charge in [-0.05, 0) is 6.07 Å². The van der Waals surface area contributed by atoms with Crippen molar-refractivity contribution in [2.75, 3.05) is 11.1 Å². The summed E-state index contributed by atoms with van der Waals surface area (Å²) in [6, 6.07) is 1.72. The maximum Gasteiger partial charge on any atom is 0.222 e. The van der Waals surface area contributed by atoms with Crippen LogP contribution in [-0.4, -0.2) is 19.9 Å². The lowest BCUT2D eigenvalue weighted by atomic mass is 10.4. The highest BCUT2D eigenvalue weighted by Crippen LogP contribution is 2.10. The first-order valence-corrected chi connectivity index (χ1v) is 4.52. The third-order valence-electron chi connectivity index (χ3n) is 1.84. The molecule has 82 valence electrons. The van der Waals surface area contributed by atoms with Crippen LogP contribution < -0.4 is 11.1 Å². The second-order valence-electron chi connectivity index (χ2n) is 2.98. The molecule has 0 saturated heterocycles. The van der Waals surface area contributed by atoms with Crippen molar-refractivity contribution in [3.8, 4) is 0 Å². The molecule has 16 heavy (non-hydrogen) atoms. The molecule has 0 aliphatic heterocycles. The summed E-state index contributed by atoms with van der Waals surface area (Å²) in [6.07, 6.45) is 4.04. The molecule has 0 amide bonds. The van der Waals surface area contributed by atoms with Crippen LogP contribution in [0.5, 0.6) is 0 Å². The Morgan fingerprint density at radius 1 is 1.38 bits per heavy atom. The highest BCUT2D eigenvalue weighted by molar-refractivity contribution is 5.39. The van der Waals surface area contributed by atoms with Gasteiger partial charge in [-0.25, -0.2) is 19.3 Å². The summed E-state index contributed by atoms with van der Waals surface area (Å²) in [7, 11) is 0. The molecule has 2 aromatic rings. The van der Waals surface area contributed by atoms with Gasteiger partial charge in [0.2, 0.25) is 5.95 Å². The van der Waals surface area contributed by atoms with E-state index in [1.165, 1.54) is 6.33 Å². The lowest BCUT2D eigenvalue weighted by Crippen LogP contribution is -2.07. The zero-order chi connectivity index (χ0) is 11.4. The summed E-state index contributed by atoms with van der Waals surface area (Å²) >= 11 is 0. The largest absolute Gasteiger partial charge is 0.368 e. The van der Waals surface area contributed by atoms with E-state index in [1.807, 2.05) is 0 Å². The third-order valence-corrected chi connectivity index (χ3v) is 1.84. The summed E-state index contributed by atoms with van der Waals surface area (Å²) in [5, 5.41) is 2.77. The monoisotopic (exact) mass is 220 g/mol. The van der Waals surface area contributed by atoms with Crippen LogP contribution >= 0.6 is 0 Å². The Morgan fingerprint density at radius 2 is 2.25 bits per heavy atom. The Kier molecular flexibility index (Phi) is 2.86. The first-order valence-electron chi connectivity index (χ1n) is 4.52. The minimum absolute atomic E-state index is 0.0200. The van der Waals surface area contributed by atoms with Crippen LogP contribution in [0, 0.1) is 5.82 Å². The molecule has 2 rings (SSSR count). The van der Waals surface area contributed by atoms with Crippen molar-refractivity contribution in [2.24, 2.45) is 0 Å². The zero-order valence-corrected chi connectivity index (χ0v) is 8.26. The van der Waals surface area contributed by atoms with E-state index in [1.54, 1.807) is 12.3 Å². The van der Waals surface area contributed by atoms with E-state index in [0.29, 0.717) is 6.54 Å². The van der Waals surface area contributed by atoms with Crippen LogP contribution in [-0.2, 0) is 6.54 Å². The number of aromatic nitrogens is 4. The van der Waals surface area contributed by atoms with Crippen LogP contribution in [0.3, 0.4) is 0 Å². The van der Waals surface area contributed by atoms with Gasteiger partial charge in [0.1, 0.15) is 6.33 Å². The highest BCUT2D eigenvalue weighted by Gasteiger charge is 2.04. The van der Waals surface area contributed by atoms with E-state index in [2.05, 4.69) is 25.3 Å². The minimum Gasteiger partial charge on any atom is -0.368 e. The minimum atomic E-state index is -0.553. The van der Waals surface area contributed by atoms with Crippen molar-refractivity contribution in [1.29, 1.82) is 0 Å². The lowest BCUT2D eigenvalue weighted by molar-refractivity contribution is 0.617. The van der Waals surface area contributed by atoms with E-state index in [9.17, 15) is 4.39 Å². The SMILES string of the molecule is Nc1ncc(F)c(NCc2ccncn2)n1. The first kappa shape index (κ1) is 10.2. The van der Waals surface area contributed by atoms with Gasteiger partial charge in [0.15, 0.2) is 11.6 Å². The molecular weight excluding hydrogens is 211 g/mol. The molecule has 0 unspecified atom stereocenters. The van der Waals surface area contributed by atoms with Crippen LogP contribution in [0.2, 0.25) is 0 Å². The molecule has 3 N–H and O–H groups in total. The maximum atomic E-state index is 13.2. The fourth-order valence-corrected chi connectivity index (χ4v) is 1.10. The van der Waals surface area contributed by atoms with Crippen LogP contribution in [0.15, 0.2) is 24.8 Å². The van der Waals surface area contributed by atoms with Gasteiger partial charge in [0, 0.05) is 6.20 Å². The highest BCUT2D eigenvalue weighted by atomic mass is 19.1. The predicted molar refractivity (Wildman–Crippen MR) is 55.8 cm³/mol. The molecular formula is C9H9FN6. The third kappa shape index (κ3) is 2.38. The van der Waals surface area contributed by atoms with E-state index in [0.717, 1.165) is 11.9 Å². The second-order valence-corrected chi connectivity index (χ2v) is 2.98. The van der Waals surface area contributed by atoms with Crippen LogP contribution in [0.25, 0.3) is 0 Å². The van der Waals surface area contributed by atoms with Gasteiger partial charge in [-0.2, -0.15) is 4.98 Å². The number of hydrogen-bond acceptors (Lipinski definition) is 6. The van der Waals surface area contributed by atoms with Gasteiger partial charge in [0.25, 0.3) is 0 Å². The number of rotatable bonds is 3. The number of nitrogens with one attached hydrogen (secondary N) is 1. The fraction of sp³-hybridized carbons (Fsp3) is 0.111. The Morgan fingerprint density at radius 3 is 3.00 bits per heavy atom. The summed E-state index contributed by atoms with van der Waals surface area (Å²) in [4.78, 5) is 15.0. The molecule has 0 saturated carbocycles. The zero-order valence-electron chi connectivity index (χ0n) is 8.26. The molecule has 0 spiro atoms. The Hall–Kier alpha value is -2.31. The Balaban J connectivity index is 2.08. The smallest absolute Gasteiger partial charge is 0.222 e. The molecule has 0 aromatic carbocycles. The van der Waals surface area contributed by atoms with E-state index >= 15 is 0 Å². The van der Waals surface area contributed by atoms with Gasteiger partial charge in [-0.3, -0.25) is 0 Å². The molecule has 0 atom stereocenters. The van der Waals surface area contributed by atoms with Gasteiger partial charge in [0.05, 0.1) is 18.4 Å². The summed E-state index contributed by atoms with van der Waals surface area (Å²) in [5.74, 6) is -0.471. The molecule has 2 aromatic heterocycles. The average Bonchev–Trinajstić information content (AvgIpc) is 2.32. The van der Waals surface area contributed by atoms with Gasteiger partial charge < -0.3 is 11.1 Å². The molecule has 0 radical (unpaired) electrons. The van der Waals surface area contributed by atoms with Gasteiger partial charge in [-0.1, -0.05) is 0 Å². The average molecular weight is 220 g/mol. The first-order chi connectivity index (χ1) is 7.75. The summed E-state index contributed by atoms with van der Waals surface area (Å²) < 4.78 is 13.2. The Labute approximate surface area is 90.8 Å². The summed E-state index contributed by atoms with van der Waals surface area (Å²) in [5.41, 5.74) is 6.07. The van der Waals surface area contributed by atoms with Crippen molar-refractivity contribution in [1.82, 2.24) is 19.9 Å². The van der Waals surface area contributed by atoms with Crippen molar-refractivity contribution in [3.05, 3.63) is 36.3 Å². The van der Waals surface area contributed by atoms with Gasteiger partial charge >= 0.3 is 0 Å².